The number of halogens is 1. The van der Waals surface area contributed by atoms with Crippen LogP contribution in [-0.4, -0.2) is 47.0 Å². The number of hydrogen-bond acceptors (Lipinski definition) is 7. The number of amides is 1. The van der Waals surface area contributed by atoms with Crippen molar-refractivity contribution in [2.75, 3.05) is 46.6 Å². The van der Waals surface area contributed by atoms with Gasteiger partial charge in [0.15, 0.2) is 0 Å². The summed E-state index contributed by atoms with van der Waals surface area (Å²) >= 11 is 6.34. The zero-order chi connectivity index (χ0) is 21.8. The zero-order valence-corrected chi connectivity index (χ0v) is 18.2. The Morgan fingerprint density at radius 3 is 2.42 bits per heavy atom. The van der Waals surface area contributed by atoms with Gasteiger partial charge in [0, 0.05) is 44.5 Å². The number of benzene rings is 2. The van der Waals surface area contributed by atoms with Gasteiger partial charge in [0.1, 0.15) is 6.33 Å². The minimum atomic E-state index is -0.112. The smallest absolute Gasteiger partial charge is 0.232 e. The fourth-order valence-corrected chi connectivity index (χ4v) is 3.83. The summed E-state index contributed by atoms with van der Waals surface area (Å²) in [5.41, 5.74) is 3.54. The molecule has 1 amide bonds. The Bertz CT molecular complexity index is 1080. The lowest BCUT2D eigenvalue weighted by Crippen LogP contribution is -2.47. The van der Waals surface area contributed by atoms with Crippen molar-refractivity contribution in [2.24, 2.45) is 0 Å². The lowest BCUT2D eigenvalue weighted by atomic mass is 10.1. The molecular formula is C22H24ClN7O. The first-order valence-corrected chi connectivity index (χ1v) is 10.5. The second-order valence-electron chi connectivity index (χ2n) is 7.32. The van der Waals surface area contributed by atoms with E-state index in [0.717, 1.165) is 53.8 Å². The first-order chi connectivity index (χ1) is 15.0. The van der Waals surface area contributed by atoms with Gasteiger partial charge in [-0.15, -0.1) is 0 Å². The van der Waals surface area contributed by atoms with Gasteiger partial charge in [0.2, 0.25) is 17.8 Å². The van der Waals surface area contributed by atoms with Gasteiger partial charge in [-0.25, -0.2) is 9.97 Å². The number of carbonyl (C=O) groups is 1. The van der Waals surface area contributed by atoms with E-state index in [1.807, 2.05) is 49.4 Å². The van der Waals surface area contributed by atoms with Crippen LogP contribution in [-0.2, 0) is 4.79 Å². The molecule has 1 saturated heterocycles. The highest BCUT2D eigenvalue weighted by atomic mass is 35.5. The number of aromatic nitrogens is 3. The van der Waals surface area contributed by atoms with Crippen LogP contribution in [0.5, 0.6) is 0 Å². The fraction of sp³-hybridized carbons (Fsp3) is 0.273. The van der Waals surface area contributed by atoms with Gasteiger partial charge < -0.3 is 20.4 Å². The SMILES string of the molecule is CC(=O)Nc1cccc(Nc2ncnc(N3CCN(c4ccccc4Cl)CC3)n2)c1C. The number of rotatable bonds is 5. The van der Waals surface area contributed by atoms with Crippen LogP contribution >= 0.6 is 11.6 Å². The predicted octanol–water partition coefficient (Wildman–Crippen LogP) is 3.86. The van der Waals surface area contributed by atoms with Crippen molar-refractivity contribution < 1.29 is 4.79 Å². The second-order valence-corrected chi connectivity index (χ2v) is 7.73. The average molecular weight is 438 g/mol. The van der Waals surface area contributed by atoms with Gasteiger partial charge >= 0.3 is 0 Å². The van der Waals surface area contributed by atoms with Gasteiger partial charge in [-0.2, -0.15) is 4.98 Å². The molecule has 0 aliphatic carbocycles. The largest absolute Gasteiger partial charge is 0.367 e. The van der Waals surface area contributed by atoms with Gasteiger partial charge in [-0.3, -0.25) is 4.79 Å². The van der Waals surface area contributed by atoms with Crippen LogP contribution in [0, 0.1) is 6.92 Å². The van der Waals surface area contributed by atoms with E-state index in [9.17, 15) is 4.79 Å². The van der Waals surface area contributed by atoms with Crippen molar-refractivity contribution in [3.8, 4) is 0 Å². The van der Waals surface area contributed by atoms with E-state index in [-0.39, 0.29) is 5.91 Å². The molecule has 2 heterocycles. The maximum atomic E-state index is 11.4. The highest BCUT2D eigenvalue weighted by Gasteiger charge is 2.21. The summed E-state index contributed by atoms with van der Waals surface area (Å²) in [7, 11) is 0. The van der Waals surface area contributed by atoms with E-state index in [4.69, 9.17) is 11.6 Å². The maximum absolute atomic E-state index is 11.4. The molecule has 0 unspecified atom stereocenters. The number of hydrogen-bond donors (Lipinski definition) is 2. The average Bonchev–Trinajstić information content (AvgIpc) is 2.77. The summed E-state index contributed by atoms with van der Waals surface area (Å²) in [5.74, 6) is 0.979. The Hall–Kier alpha value is -3.39. The third-order valence-corrected chi connectivity index (χ3v) is 5.53. The van der Waals surface area contributed by atoms with Crippen molar-refractivity contribution in [3.63, 3.8) is 0 Å². The standard InChI is InChI=1S/C22H24ClN7O/c1-15-18(26-16(2)31)7-5-8-19(15)27-21-24-14-25-22(28-21)30-12-10-29(11-13-30)20-9-4-3-6-17(20)23/h3-9,14H,10-13H2,1-2H3,(H,26,31)(H,24,25,27,28). The molecule has 1 aliphatic rings. The summed E-state index contributed by atoms with van der Waals surface area (Å²) in [4.78, 5) is 29.0. The Kier molecular flexibility index (Phi) is 6.18. The third-order valence-electron chi connectivity index (χ3n) is 5.21. The van der Waals surface area contributed by atoms with Crippen LogP contribution in [0.1, 0.15) is 12.5 Å². The zero-order valence-electron chi connectivity index (χ0n) is 17.5. The van der Waals surface area contributed by atoms with Gasteiger partial charge in [-0.1, -0.05) is 29.8 Å². The number of para-hydroxylation sites is 1. The second kappa shape index (κ2) is 9.18. The molecule has 2 aromatic carbocycles. The monoisotopic (exact) mass is 437 g/mol. The molecule has 1 aromatic heterocycles. The molecule has 1 aliphatic heterocycles. The Morgan fingerprint density at radius 2 is 1.68 bits per heavy atom. The van der Waals surface area contributed by atoms with Crippen molar-refractivity contribution in [1.29, 1.82) is 0 Å². The fourth-order valence-electron chi connectivity index (χ4n) is 3.57. The summed E-state index contributed by atoms with van der Waals surface area (Å²) in [6, 6.07) is 13.5. The predicted molar refractivity (Wildman–Crippen MR) is 124 cm³/mol. The third kappa shape index (κ3) is 4.86. The number of carbonyl (C=O) groups excluding carboxylic acids is 1. The quantitative estimate of drug-likeness (QED) is 0.626. The van der Waals surface area contributed by atoms with Gasteiger partial charge in [0.25, 0.3) is 0 Å². The van der Waals surface area contributed by atoms with Crippen LogP contribution in [0.3, 0.4) is 0 Å². The van der Waals surface area contributed by atoms with Crippen LogP contribution in [0.2, 0.25) is 5.02 Å². The molecule has 3 aromatic rings. The topological polar surface area (TPSA) is 86.3 Å². The minimum absolute atomic E-state index is 0.112. The molecule has 160 valence electrons. The van der Waals surface area contributed by atoms with Crippen LogP contribution in [0.4, 0.5) is 29.0 Å². The Labute approximate surface area is 186 Å². The molecule has 1 fully saturated rings. The first kappa shape index (κ1) is 20.9. The van der Waals surface area contributed by atoms with Crippen molar-refractivity contribution in [1.82, 2.24) is 15.0 Å². The molecule has 0 saturated carbocycles. The summed E-state index contributed by atoms with van der Waals surface area (Å²) in [6.45, 7) is 6.65. The van der Waals surface area contributed by atoms with Crippen molar-refractivity contribution in [3.05, 3.63) is 59.4 Å². The van der Waals surface area contributed by atoms with Crippen LogP contribution < -0.4 is 20.4 Å². The van der Waals surface area contributed by atoms with E-state index >= 15 is 0 Å². The van der Waals surface area contributed by atoms with Crippen molar-refractivity contribution >= 4 is 46.5 Å². The molecule has 0 bridgehead atoms. The molecule has 0 atom stereocenters. The lowest BCUT2D eigenvalue weighted by Gasteiger charge is -2.36. The van der Waals surface area contributed by atoms with E-state index in [1.165, 1.54) is 13.3 Å². The minimum Gasteiger partial charge on any atom is -0.367 e. The van der Waals surface area contributed by atoms with Crippen LogP contribution in [0.25, 0.3) is 0 Å². The van der Waals surface area contributed by atoms with E-state index in [2.05, 4.69) is 35.4 Å². The van der Waals surface area contributed by atoms with E-state index in [1.54, 1.807) is 0 Å². The lowest BCUT2D eigenvalue weighted by molar-refractivity contribution is -0.114. The van der Waals surface area contributed by atoms with E-state index < -0.39 is 0 Å². The molecule has 0 spiro atoms. The summed E-state index contributed by atoms with van der Waals surface area (Å²) in [6.07, 6.45) is 1.51. The van der Waals surface area contributed by atoms with E-state index in [0.29, 0.717) is 11.9 Å². The Balaban J connectivity index is 1.45. The first-order valence-electron chi connectivity index (χ1n) is 10.1. The molecule has 8 nitrogen and oxygen atoms in total. The summed E-state index contributed by atoms with van der Waals surface area (Å²) in [5, 5.41) is 6.83. The Morgan fingerprint density at radius 1 is 0.968 bits per heavy atom. The van der Waals surface area contributed by atoms with Crippen molar-refractivity contribution in [2.45, 2.75) is 13.8 Å². The summed E-state index contributed by atoms with van der Waals surface area (Å²) < 4.78 is 0. The highest BCUT2D eigenvalue weighted by Crippen LogP contribution is 2.28. The highest BCUT2D eigenvalue weighted by molar-refractivity contribution is 6.33. The van der Waals surface area contributed by atoms with Gasteiger partial charge in [0.05, 0.1) is 10.7 Å². The normalized spacial score (nSPS) is 13.8. The number of piperazine rings is 1. The van der Waals surface area contributed by atoms with Gasteiger partial charge in [-0.05, 0) is 36.8 Å². The molecule has 4 rings (SSSR count). The molecule has 2 N–H and O–H groups in total. The number of nitrogens with zero attached hydrogens (tertiary/aromatic N) is 5. The number of anilines is 5. The maximum Gasteiger partial charge on any atom is 0.232 e. The molecule has 9 heteroatoms. The molecule has 0 radical (unpaired) electrons. The molecular weight excluding hydrogens is 414 g/mol. The van der Waals surface area contributed by atoms with Crippen LogP contribution in [0.15, 0.2) is 48.8 Å². The molecule has 31 heavy (non-hydrogen) atoms. The number of nitrogens with one attached hydrogen (secondary N) is 2.